The lowest BCUT2D eigenvalue weighted by molar-refractivity contribution is 0.0947. The van der Waals surface area contributed by atoms with Crippen LogP contribution in [0.25, 0.3) is 11.4 Å². The number of nitrogens with one attached hydrogen (secondary N) is 1. The molecule has 0 unspecified atom stereocenters. The van der Waals surface area contributed by atoms with Gasteiger partial charge in [0, 0.05) is 25.4 Å². The molecule has 0 bridgehead atoms. The van der Waals surface area contributed by atoms with Crippen molar-refractivity contribution in [3.8, 4) is 11.4 Å². The predicted octanol–water partition coefficient (Wildman–Crippen LogP) is 1.09. The van der Waals surface area contributed by atoms with Crippen molar-refractivity contribution in [2.24, 2.45) is 7.05 Å². The molecule has 0 spiro atoms. The van der Waals surface area contributed by atoms with Crippen molar-refractivity contribution in [2.75, 3.05) is 12.3 Å². The molecule has 2 aromatic rings. The fourth-order valence-corrected chi connectivity index (χ4v) is 2.87. The van der Waals surface area contributed by atoms with Gasteiger partial charge in [0.2, 0.25) is 5.95 Å². The molecule has 0 atom stereocenters. The summed E-state index contributed by atoms with van der Waals surface area (Å²) in [4.78, 5) is 20.8. The average Bonchev–Trinajstić information content (AvgIpc) is 2.71. The van der Waals surface area contributed by atoms with E-state index in [-0.39, 0.29) is 11.9 Å². The third-order valence-electron chi connectivity index (χ3n) is 3.88. The molecule has 1 amide bonds. The Hall–Kier alpha value is -2.44. The summed E-state index contributed by atoms with van der Waals surface area (Å²) >= 11 is 0. The highest BCUT2D eigenvalue weighted by Gasteiger charge is 2.27. The van der Waals surface area contributed by atoms with Gasteiger partial charge in [-0.15, -0.1) is 0 Å². The summed E-state index contributed by atoms with van der Waals surface area (Å²) in [7, 11) is 1.84. The van der Waals surface area contributed by atoms with E-state index in [1.807, 2.05) is 14.0 Å². The molecule has 7 nitrogen and oxygen atoms in total. The summed E-state index contributed by atoms with van der Waals surface area (Å²) in [5.41, 5.74) is 9.92. The molecule has 0 saturated carbocycles. The lowest BCUT2D eigenvalue weighted by atomic mass is 10.1. The largest absolute Gasteiger partial charge is 0.368 e. The van der Waals surface area contributed by atoms with E-state index in [1.54, 1.807) is 10.9 Å². The number of nitrogens with zero attached hydrogens (tertiary/aromatic N) is 4. The molecular formula is C15H20N6O. The second-order valence-electron chi connectivity index (χ2n) is 5.51. The minimum atomic E-state index is -0.121. The zero-order valence-electron chi connectivity index (χ0n) is 12.9. The van der Waals surface area contributed by atoms with Gasteiger partial charge in [-0.2, -0.15) is 5.10 Å². The van der Waals surface area contributed by atoms with Crippen molar-refractivity contribution in [3.63, 3.8) is 0 Å². The number of aryl methyl sites for hydroxylation is 2. The Morgan fingerprint density at radius 1 is 1.45 bits per heavy atom. The van der Waals surface area contributed by atoms with E-state index in [0.29, 0.717) is 12.2 Å². The Kier molecular flexibility index (Phi) is 3.79. The number of carbonyl (C=O) groups excluding carboxylic acids is 1. The zero-order chi connectivity index (χ0) is 15.7. The van der Waals surface area contributed by atoms with Crippen LogP contribution in [0, 0.1) is 0 Å². The van der Waals surface area contributed by atoms with Gasteiger partial charge in [-0.3, -0.25) is 9.48 Å². The molecule has 0 radical (unpaired) electrons. The van der Waals surface area contributed by atoms with E-state index in [4.69, 9.17) is 5.73 Å². The molecule has 1 aliphatic rings. The first-order valence-electron chi connectivity index (χ1n) is 7.57. The monoisotopic (exact) mass is 300 g/mol. The van der Waals surface area contributed by atoms with Gasteiger partial charge >= 0.3 is 0 Å². The Balaban J connectivity index is 2.11. The van der Waals surface area contributed by atoms with E-state index in [0.717, 1.165) is 48.2 Å². The van der Waals surface area contributed by atoms with Gasteiger partial charge in [0.1, 0.15) is 0 Å². The van der Waals surface area contributed by atoms with Crippen LogP contribution in [-0.4, -0.2) is 32.2 Å². The highest BCUT2D eigenvalue weighted by molar-refractivity contribution is 5.95. The third-order valence-corrected chi connectivity index (χ3v) is 3.88. The fourth-order valence-electron chi connectivity index (χ4n) is 2.87. The standard InChI is InChI=1S/C15H20N6O/c1-3-7-17-14(22)12-10-6-4-5-9-8-18-15(16)19-11(9)13(10)21(2)20-12/h8H,3-7H2,1-2H3,(H,17,22)(H2,16,18,19). The summed E-state index contributed by atoms with van der Waals surface area (Å²) in [5.74, 6) is 0.119. The van der Waals surface area contributed by atoms with Crippen LogP contribution in [0.2, 0.25) is 0 Å². The summed E-state index contributed by atoms with van der Waals surface area (Å²) in [6.45, 7) is 2.67. The van der Waals surface area contributed by atoms with Gasteiger partial charge < -0.3 is 11.1 Å². The van der Waals surface area contributed by atoms with Crippen LogP contribution in [0.15, 0.2) is 6.20 Å². The number of carbonyl (C=O) groups is 1. The molecule has 7 heteroatoms. The van der Waals surface area contributed by atoms with Gasteiger partial charge in [0.15, 0.2) is 5.69 Å². The molecule has 3 rings (SSSR count). The number of fused-ring (bicyclic) bond motifs is 3. The number of amides is 1. The first-order valence-corrected chi connectivity index (χ1v) is 7.57. The lowest BCUT2D eigenvalue weighted by Crippen LogP contribution is -2.25. The number of aromatic nitrogens is 4. The van der Waals surface area contributed by atoms with Crippen molar-refractivity contribution >= 4 is 11.9 Å². The van der Waals surface area contributed by atoms with Crippen molar-refractivity contribution in [1.29, 1.82) is 0 Å². The summed E-state index contributed by atoms with van der Waals surface area (Å²) in [6.07, 6.45) is 5.28. The van der Waals surface area contributed by atoms with Crippen molar-refractivity contribution in [3.05, 3.63) is 23.0 Å². The number of nitrogen functional groups attached to an aromatic ring is 1. The Morgan fingerprint density at radius 2 is 2.27 bits per heavy atom. The summed E-state index contributed by atoms with van der Waals surface area (Å²) < 4.78 is 1.73. The zero-order valence-corrected chi connectivity index (χ0v) is 12.9. The van der Waals surface area contributed by atoms with Crippen LogP contribution in [0.3, 0.4) is 0 Å². The lowest BCUT2D eigenvalue weighted by Gasteiger charge is -2.07. The average molecular weight is 300 g/mol. The van der Waals surface area contributed by atoms with Gasteiger partial charge in [-0.25, -0.2) is 9.97 Å². The van der Waals surface area contributed by atoms with Crippen LogP contribution in [-0.2, 0) is 19.9 Å². The fraction of sp³-hybridized carbons (Fsp3) is 0.467. The molecule has 2 heterocycles. The summed E-state index contributed by atoms with van der Waals surface area (Å²) in [6, 6.07) is 0. The molecule has 22 heavy (non-hydrogen) atoms. The number of anilines is 1. The number of nitrogens with two attached hydrogens (primary N) is 1. The van der Waals surface area contributed by atoms with Gasteiger partial charge in [-0.1, -0.05) is 6.92 Å². The van der Waals surface area contributed by atoms with Crippen molar-refractivity contribution in [2.45, 2.75) is 32.6 Å². The van der Waals surface area contributed by atoms with E-state index in [2.05, 4.69) is 20.4 Å². The summed E-state index contributed by atoms with van der Waals surface area (Å²) in [5, 5.41) is 7.31. The Bertz CT molecular complexity index is 721. The Labute approximate surface area is 129 Å². The van der Waals surface area contributed by atoms with E-state index in [9.17, 15) is 4.79 Å². The van der Waals surface area contributed by atoms with E-state index >= 15 is 0 Å². The second kappa shape index (κ2) is 5.75. The number of rotatable bonds is 3. The maximum absolute atomic E-state index is 12.3. The number of hydrogen-bond acceptors (Lipinski definition) is 5. The topological polar surface area (TPSA) is 98.7 Å². The van der Waals surface area contributed by atoms with E-state index in [1.165, 1.54) is 0 Å². The van der Waals surface area contributed by atoms with Crippen molar-refractivity contribution < 1.29 is 4.79 Å². The minimum absolute atomic E-state index is 0.121. The minimum Gasteiger partial charge on any atom is -0.368 e. The second-order valence-corrected chi connectivity index (χ2v) is 5.51. The highest BCUT2D eigenvalue weighted by atomic mass is 16.1. The highest BCUT2D eigenvalue weighted by Crippen LogP contribution is 2.32. The first kappa shape index (κ1) is 14.5. The maximum atomic E-state index is 12.3. The third kappa shape index (κ3) is 2.43. The molecule has 0 saturated heterocycles. The molecule has 3 N–H and O–H groups in total. The first-order chi connectivity index (χ1) is 10.6. The smallest absolute Gasteiger partial charge is 0.272 e. The Morgan fingerprint density at radius 3 is 3.05 bits per heavy atom. The SMILES string of the molecule is CCCNC(=O)c1nn(C)c2c1CCCc1cnc(N)nc1-2. The predicted molar refractivity (Wildman–Crippen MR) is 83.3 cm³/mol. The van der Waals surface area contributed by atoms with Gasteiger partial charge in [0.25, 0.3) is 5.91 Å². The van der Waals surface area contributed by atoms with Crippen LogP contribution in [0.1, 0.15) is 41.4 Å². The molecule has 116 valence electrons. The maximum Gasteiger partial charge on any atom is 0.272 e. The molecule has 1 aliphatic carbocycles. The van der Waals surface area contributed by atoms with Crippen LogP contribution < -0.4 is 11.1 Å². The molecule has 0 fully saturated rings. The van der Waals surface area contributed by atoms with Gasteiger partial charge in [0.05, 0.1) is 11.4 Å². The van der Waals surface area contributed by atoms with Crippen molar-refractivity contribution in [1.82, 2.24) is 25.1 Å². The molecule has 0 aromatic carbocycles. The van der Waals surface area contributed by atoms with Crippen LogP contribution >= 0.6 is 0 Å². The molecule has 2 aromatic heterocycles. The quantitative estimate of drug-likeness (QED) is 0.884. The molecule has 0 aliphatic heterocycles. The van der Waals surface area contributed by atoms with Crippen LogP contribution in [0.4, 0.5) is 5.95 Å². The normalized spacial score (nSPS) is 13.2. The van der Waals surface area contributed by atoms with E-state index < -0.39 is 0 Å². The van der Waals surface area contributed by atoms with Gasteiger partial charge in [-0.05, 0) is 31.2 Å². The van der Waals surface area contributed by atoms with Crippen LogP contribution in [0.5, 0.6) is 0 Å². The molecular weight excluding hydrogens is 280 g/mol. The number of hydrogen-bond donors (Lipinski definition) is 2.